The van der Waals surface area contributed by atoms with Gasteiger partial charge in [0.1, 0.15) is 11.6 Å². The SMILES string of the molecule is CCCCOc1ccc(-c2noc(C3CC(=O)N(c4ccc(Cl)cc4F)C3)n2)cc1. The Bertz CT molecular complexity index is 1040. The van der Waals surface area contributed by atoms with Gasteiger partial charge in [-0.15, -0.1) is 0 Å². The second-order valence-electron chi connectivity index (χ2n) is 7.18. The van der Waals surface area contributed by atoms with E-state index in [9.17, 15) is 9.18 Å². The lowest BCUT2D eigenvalue weighted by Crippen LogP contribution is -2.25. The third kappa shape index (κ3) is 4.31. The Labute approximate surface area is 178 Å². The molecule has 1 unspecified atom stereocenters. The van der Waals surface area contributed by atoms with E-state index in [4.69, 9.17) is 20.9 Å². The third-order valence-corrected chi connectivity index (χ3v) is 5.23. The molecular weight excluding hydrogens is 409 g/mol. The van der Waals surface area contributed by atoms with Gasteiger partial charge in [-0.1, -0.05) is 30.1 Å². The van der Waals surface area contributed by atoms with Crippen LogP contribution in [-0.2, 0) is 4.79 Å². The molecule has 1 amide bonds. The summed E-state index contributed by atoms with van der Waals surface area (Å²) >= 11 is 5.80. The molecule has 1 atom stereocenters. The van der Waals surface area contributed by atoms with E-state index in [0.717, 1.165) is 24.2 Å². The van der Waals surface area contributed by atoms with Crippen molar-refractivity contribution in [3.63, 3.8) is 0 Å². The van der Waals surface area contributed by atoms with Crippen molar-refractivity contribution < 1.29 is 18.4 Å². The summed E-state index contributed by atoms with van der Waals surface area (Å²) in [5.74, 6) is 0.550. The summed E-state index contributed by atoms with van der Waals surface area (Å²) in [5, 5.41) is 4.32. The number of anilines is 1. The molecule has 1 saturated heterocycles. The molecule has 1 fully saturated rings. The third-order valence-electron chi connectivity index (χ3n) is 5.00. The topological polar surface area (TPSA) is 68.5 Å². The van der Waals surface area contributed by atoms with E-state index in [1.165, 1.54) is 17.0 Å². The summed E-state index contributed by atoms with van der Waals surface area (Å²) in [5.41, 5.74) is 0.989. The van der Waals surface area contributed by atoms with E-state index in [2.05, 4.69) is 17.1 Å². The number of unbranched alkanes of at least 4 members (excludes halogenated alkanes) is 1. The van der Waals surface area contributed by atoms with Gasteiger partial charge in [-0.25, -0.2) is 4.39 Å². The molecule has 1 aliphatic heterocycles. The molecule has 0 N–H and O–H groups in total. The number of carbonyl (C=O) groups is 1. The molecule has 8 heteroatoms. The maximum absolute atomic E-state index is 14.2. The van der Waals surface area contributed by atoms with Crippen LogP contribution in [-0.4, -0.2) is 29.2 Å². The van der Waals surface area contributed by atoms with Crippen LogP contribution < -0.4 is 9.64 Å². The normalized spacial score (nSPS) is 16.3. The van der Waals surface area contributed by atoms with Crippen molar-refractivity contribution in [2.75, 3.05) is 18.1 Å². The summed E-state index contributed by atoms with van der Waals surface area (Å²) in [7, 11) is 0. The van der Waals surface area contributed by atoms with Crippen LogP contribution in [0.3, 0.4) is 0 Å². The molecule has 1 aliphatic rings. The zero-order chi connectivity index (χ0) is 21.1. The molecule has 4 rings (SSSR count). The molecule has 3 aromatic rings. The lowest BCUT2D eigenvalue weighted by molar-refractivity contribution is -0.117. The number of hydrogen-bond donors (Lipinski definition) is 0. The smallest absolute Gasteiger partial charge is 0.232 e. The Balaban J connectivity index is 1.46. The number of halogens is 2. The van der Waals surface area contributed by atoms with E-state index >= 15 is 0 Å². The van der Waals surface area contributed by atoms with E-state index in [-0.39, 0.29) is 35.5 Å². The molecule has 0 saturated carbocycles. The summed E-state index contributed by atoms with van der Waals surface area (Å²) in [4.78, 5) is 18.3. The highest BCUT2D eigenvalue weighted by Gasteiger charge is 2.36. The van der Waals surface area contributed by atoms with Gasteiger partial charge in [-0.05, 0) is 48.9 Å². The molecule has 2 aromatic carbocycles. The maximum atomic E-state index is 14.2. The van der Waals surface area contributed by atoms with Crippen molar-refractivity contribution in [3.8, 4) is 17.1 Å². The van der Waals surface area contributed by atoms with Gasteiger partial charge in [0, 0.05) is 23.6 Å². The van der Waals surface area contributed by atoms with Crippen LogP contribution in [0.25, 0.3) is 11.4 Å². The van der Waals surface area contributed by atoms with Crippen LogP contribution >= 0.6 is 11.6 Å². The van der Waals surface area contributed by atoms with Gasteiger partial charge in [0.2, 0.25) is 17.6 Å². The average molecular weight is 430 g/mol. The first-order valence-electron chi connectivity index (χ1n) is 9.87. The van der Waals surface area contributed by atoms with Gasteiger partial charge in [0.25, 0.3) is 0 Å². The summed E-state index contributed by atoms with van der Waals surface area (Å²) in [6.45, 7) is 3.06. The van der Waals surface area contributed by atoms with E-state index < -0.39 is 5.82 Å². The van der Waals surface area contributed by atoms with Crippen LogP contribution in [0, 0.1) is 5.82 Å². The first-order valence-corrected chi connectivity index (χ1v) is 10.2. The number of nitrogens with zero attached hydrogens (tertiary/aromatic N) is 3. The first kappa shape index (κ1) is 20.3. The van der Waals surface area contributed by atoms with E-state index in [1.807, 2.05) is 24.3 Å². The first-order chi connectivity index (χ1) is 14.5. The average Bonchev–Trinajstić information content (AvgIpc) is 3.36. The zero-order valence-electron chi connectivity index (χ0n) is 16.5. The van der Waals surface area contributed by atoms with E-state index in [0.29, 0.717) is 18.3 Å². The Hall–Kier alpha value is -2.93. The minimum absolute atomic E-state index is 0.175. The van der Waals surface area contributed by atoms with Crippen LogP contribution in [0.4, 0.5) is 10.1 Å². The molecule has 156 valence electrons. The maximum Gasteiger partial charge on any atom is 0.232 e. The largest absolute Gasteiger partial charge is 0.494 e. The molecule has 1 aromatic heterocycles. The summed E-state index contributed by atoms with van der Waals surface area (Å²) in [6, 6.07) is 11.7. The standard InChI is InChI=1S/C22H21ClFN3O3/c1-2-3-10-29-17-7-4-14(5-8-17)21-25-22(30-26-21)15-11-20(28)27(13-15)19-9-6-16(23)12-18(19)24/h4-9,12,15H,2-3,10-11,13H2,1H3. The molecule has 0 radical (unpaired) electrons. The number of rotatable bonds is 7. The van der Waals surface area contributed by atoms with Crippen LogP contribution in [0.15, 0.2) is 47.0 Å². The van der Waals surface area contributed by atoms with Crippen molar-refractivity contribution in [3.05, 3.63) is 59.2 Å². The van der Waals surface area contributed by atoms with Gasteiger partial charge in [0.15, 0.2) is 0 Å². The number of ether oxygens (including phenoxy) is 1. The molecule has 0 spiro atoms. The fraction of sp³-hybridized carbons (Fsp3) is 0.318. The van der Waals surface area contributed by atoms with Gasteiger partial charge < -0.3 is 14.2 Å². The highest BCUT2D eigenvalue weighted by molar-refractivity contribution is 6.30. The molecule has 30 heavy (non-hydrogen) atoms. The predicted molar refractivity (Wildman–Crippen MR) is 111 cm³/mol. The second-order valence-corrected chi connectivity index (χ2v) is 7.62. The molecule has 0 aliphatic carbocycles. The Morgan fingerprint density at radius 2 is 2.07 bits per heavy atom. The van der Waals surface area contributed by atoms with Gasteiger partial charge in [-0.2, -0.15) is 4.98 Å². The monoisotopic (exact) mass is 429 g/mol. The predicted octanol–water partition coefficient (Wildman–Crippen LogP) is 5.23. The summed E-state index contributed by atoms with van der Waals surface area (Å²) < 4.78 is 25.3. The Morgan fingerprint density at radius 1 is 1.27 bits per heavy atom. The quantitative estimate of drug-likeness (QED) is 0.481. The van der Waals surface area contributed by atoms with Crippen molar-refractivity contribution in [2.24, 2.45) is 0 Å². The molecule has 2 heterocycles. The number of amides is 1. The van der Waals surface area contributed by atoms with E-state index in [1.54, 1.807) is 6.07 Å². The van der Waals surface area contributed by atoms with Gasteiger partial charge >= 0.3 is 0 Å². The fourth-order valence-electron chi connectivity index (χ4n) is 3.36. The van der Waals surface area contributed by atoms with Crippen molar-refractivity contribution in [1.82, 2.24) is 10.1 Å². The van der Waals surface area contributed by atoms with Crippen molar-refractivity contribution in [2.45, 2.75) is 32.1 Å². The molecule has 6 nitrogen and oxygen atoms in total. The van der Waals surface area contributed by atoms with Crippen LogP contribution in [0.1, 0.15) is 38.0 Å². The fourth-order valence-corrected chi connectivity index (χ4v) is 3.52. The number of benzene rings is 2. The molecule has 0 bridgehead atoms. The van der Waals surface area contributed by atoms with Gasteiger partial charge in [0.05, 0.1) is 18.2 Å². The number of aromatic nitrogens is 2. The lowest BCUT2D eigenvalue weighted by Gasteiger charge is -2.16. The van der Waals surface area contributed by atoms with Crippen molar-refractivity contribution >= 4 is 23.2 Å². The van der Waals surface area contributed by atoms with Crippen molar-refractivity contribution in [1.29, 1.82) is 0 Å². The second kappa shape index (κ2) is 8.83. The highest BCUT2D eigenvalue weighted by atomic mass is 35.5. The minimum atomic E-state index is -0.538. The number of carbonyl (C=O) groups excluding carboxylic acids is 1. The summed E-state index contributed by atoms with van der Waals surface area (Å²) in [6.07, 6.45) is 2.26. The van der Waals surface area contributed by atoms with Gasteiger partial charge in [-0.3, -0.25) is 4.79 Å². The lowest BCUT2D eigenvalue weighted by atomic mass is 10.1. The minimum Gasteiger partial charge on any atom is -0.494 e. The molecular formula is C22H21ClFN3O3. The van der Waals surface area contributed by atoms with Crippen LogP contribution in [0.2, 0.25) is 5.02 Å². The Kier molecular flexibility index (Phi) is 5.99. The number of hydrogen-bond acceptors (Lipinski definition) is 5. The zero-order valence-corrected chi connectivity index (χ0v) is 17.2. The van der Waals surface area contributed by atoms with Crippen LogP contribution in [0.5, 0.6) is 5.75 Å². The highest BCUT2D eigenvalue weighted by Crippen LogP contribution is 2.34. The Morgan fingerprint density at radius 3 is 2.80 bits per heavy atom.